The quantitative estimate of drug-likeness (QED) is 0.402. The molecule has 0 radical (unpaired) electrons. The minimum absolute atomic E-state index is 0.0866. The van der Waals surface area contributed by atoms with Crippen LogP contribution in [0.3, 0.4) is 0 Å². The lowest BCUT2D eigenvalue weighted by molar-refractivity contribution is 0.586. The van der Waals surface area contributed by atoms with E-state index in [1.54, 1.807) is 35.7 Å². The van der Waals surface area contributed by atoms with Crippen LogP contribution in [0.4, 0.5) is 10.8 Å². The van der Waals surface area contributed by atoms with Gasteiger partial charge in [0.2, 0.25) is 5.89 Å². The topological polar surface area (TPSA) is 121 Å². The summed E-state index contributed by atoms with van der Waals surface area (Å²) in [6.07, 6.45) is 2.95. The fraction of sp³-hybridized carbons (Fsp3) is 0. The number of halogens is 1. The molecular formula is C19H12ClN5O3S2. The largest absolute Gasteiger partial charge is 0.435 e. The normalized spacial score (nSPS) is 11.9. The molecule has 0 bridgehead atoms. The van der Waals surface area contributed by atoms with Crippen molar-refractivity contribution in [2.45, 2.75) is 4.90 Å². The Bertz CT molecular complexity index is 1370. The maximum absolute atomic E-state index is 12.4. The molecule has 150 valence electrons. The van der Waals surface area contributed by atoms with E-state index in [2.05, 4.69) is 20.0 Å². The first-order valence-electron chi connectivity index (χ1n) is 8.40. The van der Waals surface area contributed by atoms with Crippen LogP contribution in [0.25, 0.3) is 16.7 Å². The molecule has 0 spiro atoms. The number of fused-ring (bicyclic) bond motifs is 1. The Balaban J connectivity index is 1.51. The van der Waals surface area contributed by atoms with Gasteiger partial charge in [-0.05, 0) is 42.5 Å². The SMILES string of the molecule is N#C/C(=C/Nc1ccc(S(=O)(=O)Nc2nccs2)cc1)c1nc2cc(Cl)ccc2o1. The third-order valence-electron chi connectivity index (χ3n) is 3.90. The van der Waals surface area contributed by atoms with Gasteiger partial charge in [0.1, 0.15) is 17.2 Å². The monoisotopic (exact) mass is 457 g/mol. The van der Waals surface area contributed by atoms with Crippen LogP contribution in [0.2, 0.25) is 5.02 Å². The Morgan fingerprint density at radius 3 is 2.73 bits per heavy atom. The average Bonchev–Trinajstić information content (AvgIpc) is 3.38. The summed E-state index contributed by atoms with van der Waals surface area (Å²) >= 11 is 7.13. The van der Waals surface area contributed by atoms with E-state index in [-0.39, 0.29) is 16.4 Å². The molecule has 0 fully saturated rings. The zero-order chi connectivity index (χ0) is 21.1. The second-order valence-corrected chi connectivity index (χ2v) is 8.93. The van der Waals surface area contributed by atoms with Gasteiger partial charge in [0.05, 0.1) is 4.90 Å². The van der Waals surface area contributed by atoms with Crippen molar-refractivity contribution in [1.29, 1.82) is 5.26 Å². The Hall–Kier alpha value is -3.39. The predicted molar refractivity (Wildman–Crippen MR) is 116 cm³/mol. The number of hydrogen-bond donors (Lipinski definition) is 2. The van der Waals surface area contributed by atoms with E-state index in [1.807, 2.05) is 6.07 Å². The molecule has 0 unspecified atom stereocenters. The fourth-order valence-corrected chi connectivity index (χ4v) is 4.45. The van der Waals surface area contributed by atoms with Gasteiger partial charge < -0.3 is 9.73 Å². The molecule has 11 heteroatoms. The summed E-state index contributed by atoms with van der Waals surface area (Å²) in [5, 5.41) is 14.9. The van der Waals surface area contributed by atoms with Gasteiger partial charge in [0, 0.05) is 28.5 Å². The first-order chi connectivity index (χ1) is 14.4. The Morgan fingerprint density at radius 2 is 2.03 bits per heavy atom. The summed E-state index contributed by atoms with van der Waals surface area (Å²) in [5.74, 6) is 0.147. The summed E-state index contributed by atoms with van der Waals surface area (Å²) < 4.78 is 32.7. The second-order valence-electron chi connectivity index (χ2n) is 5.91. The number of nitrogens with zero attached hydrogens (tertiary/aromatic N) is 3. The highest BCUT2D eigenvalue weighted by Gasteiger charge is 2.15. The van der Waals surface area contributed by atoms with Gasteiger partial charge in [0.25, 0.3) is 10.0 Å². The van der Waals surface area contributed by atoms with Gasteiger partial charge in [-0.1, -0.05) is 11.6 Å². The molecule has 2 heterocycles. The summed E-state index contributed by atoms with van der Waals surface area (Å²) in [7, 11) is -3.73. The van der Waals surface area contributed by atoms with E-state index in [9.17, 15) is 13.7 Å². The number of aromatic nitrogens is 2. The fourth-order valence-electron chi connectivity index (χ4n) is 2.49. The third-order valence-corrected chi connectivity index (χ3v) is 6.31. The van der Waals surface area contributed by atoms with E-state index in [4.69, 9.17) is 16.0 Å². The molecule has 4 rings (SSSR count). The minimum atomic E-state index is -3.73. The van der Waals surface area contributed by atoms with Crippen molar-refractivity contribution in [1.82, 2.24) is 9.97 Å². The predicted octanol–water partition coefficient (Wildman–Crippen LogP) is 4.72. The van der Waals surface area contributed by atoms with Crippen LogP contribution in [-0.2, 0) is 10.0 Å². The van der Waals surface area contributed by atoms with E-state index >= 15 is 0 Å². The number of allylic oxidation sites excluding steroid dienone is 1. The van der Waals surface area contributed by atoms with Crippen LogP contribution < -0.4 is 10.0 Å². The van der Waals surface area contributed by atoms with Crippen molar-refractivity contribution >= 4 is 60.5 Å². The van der Waals surface area contributed by atoms with Crippen molar-refractivity contribution in [3.8, 4) is 6.07 Å². The Morgan fingerprint density at radius 1 is 1.23 bits per heavy atom. The number of sulfonamides is 1. The molecule has 2 aromatic heterocycles. The number of thiazole rings is 1. The Kier molecular flexibility index (Phi) is 5.41. The lowest BCUT2D eigenvalue weighted by atomic mass is 10.3. The summed E-state index contributed by atoms with van der Waals surface area (Å²) in [6, 6.07) is 13.1. The lowest BCUT2D eigenvalue weighted by Crippen LogP contribution is -2.12. The maximum Gasteiger partial charge on any atom is 0.263 e. The van der Waals surface area contributed by atoms with Crippen LogP contribution in [0.1, 0.15) is 5.89 Å². The average molecular weight is 458 g/mol. The van der Waals surface area contributed by atoms with Crippen molar-refractivity contribution in [2.75, 3.05) is 10.0 Å². The molecule has 30 heavy (non-hydrogen) atoms. The molecule has 0 amide bonds. The van der Waals surface area contributed by atoms with E-state index in [1.165, 1.54) is 35.9 Å². The standard InChI is InChI=1S/C19H12ClN5O3S2/c20-13-1-6-17-16(9-13)24-18(28-17)12(10-21)11-23-14-2-4-15(5-3-14)30(26,27)25-19-22-7-8-29-19/h1-9,11,23H,(H,22,25)/b12-11-. The van der Waals surface area contributed by atoms with Crippen molar-refractivity contribution in [3.63, 3.8) is 0 Å². The molecule has 0 saturated heterocycles. The molecule has 0 saturated carbocycles. The number of rotatable bonds is 6. The molecule has 2 aromatic carbocycles. The van der Waals surface area contributed by atoms with E-state index in [0.29, 0.717) is 26.9 Å². The summed E-state index contributed by atoms with van der Waals surface area (Å²) in [4.78, 5) is 8.26. The van der Waals surface area contributed by atoms with Crippen molar-refractivity contribution in [3.05, 3.63) is 71.2 Å². The number of hydrogen-bond acceptors (Lipinski definition) is 8. The summed E-state index contributed by atoms with van der Waals surface area (Å²) in [6.45, 7) is 0. The first kappa shape index (κ1) is 19.9. The third kappa shape index (κ3) is 4.28. The molecule has 0 aliphatic heterocycles. The Labute approximate surface area is 180 Å². The molecule has 2 N–H and O–H groups in total. The minimum Gasteiger partial charge on any atom is -0.435 e. The zero-order valence-electron chi connectivity index (χ0n) is 15.0. The number of benzene rings is 2. The van der Waals surface area contributed by atoms with Gasteiger partial charge in [-0.15, -0.1) is 11.3 Å². The number of nitriles is 1. The van der Waals surface area contributed by atoms with Crippen LogP contribution in [0, 0.1) is 11.3 Å². The summed E-state index contributed by atoms with van der Waals surface area (Å²) in [5.41, 5.74) is 1.80. The maximum atomic E-state index is 12.4. The highest BCUT2D eigenvalue weighted by Crippen LogP contribution is 2.24. The van der Waals surface area contributed by atoms with E-state index < -0.39 is 10.0 Å². The molecule has 0 aliphatic rings. The first-order valence-corrected chi connectivity index (χ1v) is 11.1. The molecular weight excluding hydrogens is 446 g/mol. The van der Waals surface area contributed by atoms with Crippen LogP contribution in [-0.4, -0.2) is 18.4 Å². The highest BCUT2D eigenvalue weighted by molar-refractivity contribution is 7.93. The van der Waals surface area contributed by atoms with Crippen LogP contribution in [0.5, 0.6) is 0 Å². The molecule has 8 nitrogen and oxygen atoms in total. The smallest absolute Gasteiger partial charge is 0.263 e. The molecule has 0 aliphatic carbocycles. The number of anilines is 2. The van der Waals surface area contributed by atoms with Crippen molar-refractivity contribution in [2.24, 2.45) is 0 Å². The number of nitrogens with one attached hydrogen (secondary N) is 2. The second kappa shape index (κ2) is 8.16. The molecule has 4 aromatic rings. The number of oxazole rings is 1. The van der Waals surface area contributed by atoms with Gasteiger partial charge >= 0.3 is 0 Å². The van der Waals surface area contributed by atoms with Crippen molar-refractivity contribution < 1.29 is 12.8 Å². The molecule has 0 atom stereocenters. The van der Waals surface area contributed by atoms with Crippen LogP contribution >= 0.6 is 22.9 Å². The van der Waals surface area contributed by atoms with Gasteiger partial charge in [-0.2, -0.15) is 5.26 Å². The highest BCUT2D eigenvalue weighted by atomic mass is 35.5. The van der Waals surface area contributed by atoms with Gasteiger partial charge in [-0.25, -0.2) is 18.4 Å². The zero-order valence-corrected chi connectivity index (χ0v) is 17.4. The van der Waals surface area contributed by atoms with E-state index in [0.717, 1.165) is 0 Å². The van der Waals surface area contributed by atoms with Gasteiger partial charge in [-0.3, -0.25) is 4.72 Å². The van der Waals surface area contributed by atoms with Crippen LogP contribution in [0.15, 0.2) is 69.6 Å². The lowest BCUT2D eigenvalue weighted by Gasteiger charge is -2.06. The van der Waals surface area contributed by atoms with Gasteiger partial charge in [0.15, 0.2) is 10.7 Å².